The molecule has 1 unspecified atom stereocenters. The van der Waals surface area contributed by atoms with Gasteiger partial charge in [0, 0.05) is 12.1 Å². The van der Waals surface area contributed by atoms with Gasteiger partial charge in [0.05, 0.1) is 13.7 Å². The Morgan fingerprint density at radius 1 is 1.27 bits per heavy atom. The van der Waals surface area contributed by atoms with Gasteiger partial charge in [0.15, 0.2) is 0 Å². The van der Waals surface area contributed by atoms with E-state index in [1.807, 2.05) is 0 Å². The second kappa shape index (κ2) is 7.29. The van der Waals surface area contributed by atoms with Crippen LogP contribution < -0.4 is 4.74 Å². The van der Waals surface area contributed by atoms with Crippen molar-refractivity contribution in [2.75, 3.05) is 20.3 Å². The lowest BCUT2D eigenvalue weighted by Crippen LogP contribution is -2.41. The first kappa shape index (κ1) is 16.3. The van der Waals surface area contributed by atoms with Crippen LogP contribution in [0.5, 0.6) is 5.75 Å². The maximum atomic E-state index is 12.5. The van der Waals surface area contributed by atoms with Crippen molar-refractivity contribution in [3.8, 4) is 5.75 Å². The molecule has 0 spiro atoms. The van der Waals surface area contributed by atoms with Gasteiger partial charge < -0.3 is 14.4 Å². The number of ether oxygens (including phenoxy) is 2. The lowest BCUT2D eigenvalue weighted by molar-refractivity contribution is -0.145. The number of rotatable bonds is 5. The number of amides is 1. The van der Waals surface area contributed by atoms with Gasteiger partial charge in [-0.1, -0.05) is 13.8 Å². The minimum Gasteiger partial charge on any atom is -0.493 e. The van der Waals surface area contributed by atoms with Gasteiger partial charge in [-0.25, -0.2) is 4.79 Å². The number of benzene rings is 1. The minimum atomic E-state index is -0.464. The first-order chi connectivity index (χ1) is 10.5. The Morgan fingerprint density at radius 3 is 2.55 bits per heavy atom. The van der Waals surface area contributed by atoms with Crippen molar-refractivity contribution in [3.63, 3.8) is 0 Å². The molecule has 120 valence electrons. The lowest BCUT2D eigenvalue weighted by atomic mass is 10.1. The molecule has 0 bridgehead atoms. The average molecular weight is 305 g/mol. The third-order valence-electron chi connectivity index (χ3n) is 3.67. The molecule has 0 radical (unpaired) electrons. The molecule has 1 amide bonds. The molecule has 1 aromatic rings. The van der Waals surface area contributed by atoms with E-state index in [1.165, 1.54) is 7.11 Å². The summed E-state index contributed by atoms with van der Waals surface area (Å²) in [4.78, 5) is 25.9. The second-order valence-electron chi connectivity index (χ2n) is 5.91. The molecule has 1 aromatic carbocycles. The van der Waals surface area contributed by atoms with Crippen molar-refractivity contribution < 1.29 is 19.1 Å². The van der Waals surface area contributed by atoms with Gasteiger partial charge in [0.25, 0.3) is 5.91 Å². The Hall–Kier alpha value is -2.04. The fourth-order valence-corrected chi connectivity index (χ4v) is 2.51. The number of likely N-dealkylation sites (tertiary alicyclic amines) is 1. The molecule has 2 rings (SSSR count). The predicted octanol–water partition coefficient (Wildman–Crippen LogP) is 2.50. The van der Waals surface area contributed by atoms with Crippen molar-refractivity contribution in [2.45, 2.75) is 32.7 Å². The molecular weight excluding hydrogens is 282 g/mol. The van der Waals surface area contributed by atoms with Gasteiger partial charge >= 0.3 is 5.97 Å². The van der Waals surface area contributed by atoms with Crippen LogP contribution in [0.2, 0.25) is 0 Å². The molecule has 1 aliphatic rings. The van der Waals surface area contributed by atoms with Crippen molar-refractivity contribution >= 4 is 11.9 Å². The predicted molar refractivity (Wildman–Crippen MR) is 82.8 cm³/mol. The summed E-state index contributed by atoms with van der Waals surface area (Å²) in [6.45, 7) is 5.39. The number of carbonyl (C=O) groups is 2. The summed E-state index contributed by atoms with van der Waals surface area (Å²) < 4.78 is 10.4. The topological polar surface area (TPSA) is 55.8 Å². The number of hydrogen-bond donors (Lipinski definition) is 0. The van der Waals surface area contributed by atoms with E-state index < -0.39 is 6.04 Å². The molecule has 5 nitrogen and oxygen atoms in total. The summed E-state index contributed by atoms with van der Waals surface area (Å²) in [5.74, 6) is 0.717. The zero-order chi connectivity index (χ0) is 16.1. The molecular formula is C17H23NO4. The number of carbonyl (C=O) groups excluding carboxylic acids is 2. The highest BCUT2D eigenvalue weighted by atomic mass is 16.5. The van der Waals surface area contributed by atoms with Gasteiger partial charge in [0.2, 0.25) is 0 Å². The zero-order valence-corrected chi connectivity index (χ0v) is 13.4. The maximum Gasteiger partial charge on any atom is 0.328 e. The molecule has 1 fully saturated rings. The van der Waals surface area contributed by atoms with Crippen LogP contribution in [0.15, 0.2) is 24.3 Å². The summed E-state index contributed by atoms with van der Waals surface area (Å²) >= 11 is 0. The third-order valence-corrected chi connectivity index (χ3v) is 3.67. The maximum absolute atomic E-state index is 12.5. The third kappa shape index (κ3) is 3.78. The van der Waals surface area contributed by atoms with E-state index >= 15 is 0 Å². The van der Waals surface area contributed by atoms with Crippen molar-refractivity contribution in [2.24, 2.45) is 5.92 Å². The van der Waals surface area contributed by atoms with E-state index in [1.54, 1.807) is 29.2 Å². The Labute approximate surface area is 131 Å². The van der Waals surface area contributed by atoms with Crippen molar-refractivity contribution in [3.05, 3.63) is 29.8 Å². The first-order valence-electron chi connectivity index (χ1n) is 7.64. The van der Waals surface area contributed by atoms with Gasteiger partial charge in [0.1, 0.15) is 11.8 Å². The van der Waals surface area contributed by atoms with Crippen LogP contribution in [0.3, 0.4) is 0 Å². The highest BCUT2D eigenvalue weighted by molar-refractivity contribution is 5.97. The molecule has 0 N–H and O–H groups in total. The highest BCUT2D eigenvalue weighted by Gasteiger charge is 2.35. The number of esters is 1. The van der Waals surface area contributed by atoms with Gasteiger partial charge in [-0.3, -0.25) is 4.79 Å². The van der Waals surface area contributed by atoms with Crippen LogP contribution in [-0.2, 0) is 9.53 Å². The van der Waals surface area contributed by atoms with Gasteiger partial charge in [-0.2, -0.15) is 0 Å². The molecule has 0 aromatic heterocycles. The monoisotopic (exact) mass is 305 g/mol. The second-order valence-corrected chi connectivity index (χ2v) is 5.91. The summed E-state index contributed by atoms with van der Waals surface area (Å²) in [6.07, 6.45) is 1.48. The Kier molecular flexibility index (Phi) is 5.41. The van der Waals surface area contributed by atoms with E-state index in [0.29, 0.717) is 31.1 Å². The minimum absolute atomic E-state index is 0.136. The molecule has 1 atom stereocenters. The Bertz CT molecular complexity index is 524. The molecule has 1 saturated heterocycles. The molecule has 0 aliphatic carbocycles. The Balaban J connectivity index is 2.04. The van der Waals surface area contributed by atoms with Crippen LogP contribution >= 0.6 is 0 Å². The molecule has 1 heterocycles. The lowest BCUT2D eigenvalue weighted by Gasteiger charge is -2.22. The molecule has 22 heavy (non-hydrogen) atoms. The van der Waals surface area contributed by atoms with Gasteiger partial charge in [-0.15, -0.1) is 0 Å². The summed E-state index contributed by atoms with van der Waals surface area (Å²) in [5, 5.41) is 0. The number of methoxy groups -OCH3 is 1. The Morgan fingerprint density at radius 2 is 1.95 bits per heavy atom. The average Bonchev–Trinajstić information content (AvgIpc) is 3.01. The SMILES string of the molecule is COC(=O)C1CCCN1C(=O)c1ccc(OCC(C)C)cc1. The summed E-state index contributed by atoms with van der Waals surface area (Å²) in [6, 6.07) is 6.60. The quantitative estimate of drug-likeness (QED) is 0.784. The highest BCUT2D eigenvalue weighted by Crippen LogP contribution is 2.22. The molecule has 1 aliphatic heterocycles. The summed E-state index contributed by atoms with van der Waals surface area (Å²) in [7, 11) is 1.35. The summed E-state index contributed by atoms with van der Waals surface area (Å²) in [5.41, 5.74) is 0.563. The van der Waals surface area contributed by atoms with Crippen LogP contribution in [0, 0.1) is 5.92 Å². The molecule has 5 heteroatoms. The number of hydrogen-bond acceptors (Lipinski definition) is 4. The fourth-order valence-electron chi connectivity index (χ4n) is 2.51. The van der Waals surface area contributed by atoms with E-state index in [4.69, 9.17) is 9.47 Å². The number of nitrogens with zero attached hydrogens (tertiary/aromatic N) is 1. The zero-order valence-electron chi connectivity index (χ0n) is 13.4. The van der Waals surface area contributed by atoms with E-state index in [9.17, 15) is 9.59 Å². The van der Waals surface area contributed by atoms with Crippen LogP contribution in [-0.4, -0.2) is 43.1 Å². The van der Waals surface area contributed by atoms with Crippen molar-refractivity contribution in [1.29, 1.82) is 0 Å². The smallest absolute Gasteiger partial charge is 0.328 e. The van der Waals surface area contributed by atoms with Crippen LogP contribution in [0.25, 0.3) is 0 Å². The van der Waals surface area contributed by atoms with E-state index in [-0.39, 0.29) is 11.9 Å². The standard InChI is InChI=1S/C17H23NO4/c1-12(2)11-22-14-8-6-13(7-9-14)16(19)18-10-4-5-15(18)17(20)21-3/h6-9,12,15H,4-5,10-11H2,1-3H3. The first-order valence-corrected chi connectivity index (χ1v) is 7.64. The van der Waals surface area contributed by atoms with E-state index in [2.05, 4.69) is 13.8 Å². The van der Waals surface area contributed by atoms with Crippen molar-refractivity contribution in [1.82, 2.24) is 4.90 Å². The molecule has 0 saturated carbocycles. The van der Waals surface area contributed by atoms with Gasteiger partial charge in [-0.05, 0) is 43.0 Å². The van der Waals surface area contributed by atoms with Crippen LogP contribution in [0.4, 0.5) is 0 Å². The van der Waals surface area contributed by atoms with Crippen LogP contribution in [0.1, 0.15) is 37.0 Å². The normalized spacial score (nSPS) is 17.6. The fraction of sp³-hybridized carbons (Fsp3) is 0.529. The largest absolute Gasteiger partial charge is 0.493 e. The van der Waals surface area contributed by atoms with E-state index in [0.717, 1.165) is 12.2 Å².